The largest absolute Gasteiger partial charge is 0.378 e. The Labute approximate surface area is 199 Å². The number of ether oxygens (including phenoxy) is 1. The van der Waals surface area contributed by atoms with Gasteiger partial charge in [-0.2, -0.15) is 0 Å². The van der Waals surface area contributed by atoms with Crippen LogP contribution in [-0.4, -0.2) is 42.2 Å². The van der Waals surface area contributed by atoms with E-state index in [2.05, 4.69) is 52.1 Å². The van der Waals surface area contributed by atoms with Crippen LogP contribution in [0.1, 0.15) is 22.5 Å². The van der Waals surface area contributed by atoms with Crippen molar-refractivity contribution in [2.45, 2.75) is 30.2 Å². The molecule has 0 unspecified atom stereocenters. The van der Waals surface area contributed by atoms with Gasteiger partial charge in [0.1, 0.15) is 10.9 Å². The molecule has 0 bridgehead atoms. The van der Waals surface area contributed by atoms with Crippen molar-refractivity contribution in [1.82, 2.24) is 9.97 Å². The molecule has 1 N–H and O–H groups in total. The van der Waals surface area contributed by atoms with Gasteiger partial charge in [0.2, 0.25) is 5.91 Å². The van der Waals surface area contributed by atoms with Crippen LogP contribution in [0.15, 0.2) is 71.2 Å². The predicted molar refractivity (Wildman–Crippen MR) is 133 cm³/mol. The second-order valence-corrected chi connectivity index (χ2v) is 9.05. The molecular formula is C26H28N4O2S. The van der Waals surface area contributed by atoms with E-state index < -0.39 is 0 Å². The molecule has 1 amide bonds. The van der Waals surface area contributed by atoms with Gasteiger partial charge in [0.25, 0.3) is 0 Å². The molecule has 4 rings (SSSR count). The number of amides is 1. The zero-order valence-corrected chi connectivity index (χ0v) is 19.8. The summed E-state index contributed by atoms with van der Waals surface area (Å²) in [4.78, 5) is 24.4. The van der Waals surface area contributed by atoms with Gasteiger partial charge in [-0.05, 0) is 66.9 Å². The molecule has 2 heterocycles. The average molecular weight is 461 g/mol. The van der Waals surface area contributed by atoms with Crippen LogP contribution in [0.4, 0.5) is 11.4 Å². The number of hydrogen-bond acceptors (Lipinski definition) is 6. The number of nitrogens with zero attached hydrogens (tertiary/aromatic N) is 3. The second-order valence-electron chi connectivity index (χ2n) is 7.99. The van der Waals surface area contributed by atoms with Crippen molar-refractivity contribution in [1.29, 1.82) is 0 Å². The molecule has 170 valence electrons. The third-order valence-corrected chi connectivity index (χ3v) is 6.60. The number of morpholine rings is 1. The summed E-state index contributed by atoms with van der Waals surface area (Å²) in [5, 5.41) is 3.76. The third-order valence-electron chi connectivity index (χ3n) is 5.51. The van der Waals surface area contributed by atoms with E-state index in [9.17, 15) is 4.79 Å². The number of anilines is 2. The van der Waals surface area contributed by atoms with Crippen molar-refractivity contribution in [3.8, 4) is 0 Å². The molecule has 2 aromatic carbocycles. The highest BCUT2D eigenvalue weighted by atomic mass is 32.2. The van der Waals surface area contributed by atoms with Gasteiger partial charge >= 0.3 is 0 Å². The lowest BCUT2D eigenvalue weighted by atomic mass is 10.1. The Morgan fingerprint density at radius 2 is 1.91 bits per heavy atom. The molecule has 1 fully saturated rings. The normalized spacial score (nSPS) is 13.6. The van der Waals surface area contributed by atoms with Crippen LogP contribution in [0.2, 0.25) is 0 Å². The van der Waals surface area contributed by atoms with Gasteiger partial charge in [0.15, 0.2) is 0 Å². The number of carbonyl (C=O) groups excluding carboxylic acids is 1. The van der Waals surface area contributed by atoms with Crippen molar-refractivity contribution in [3.05, 3.63) is 83.8 Å². The Morgan fingerprint density at radius 1 is 1.15 bits per heavy atom. The molecular weight excluding hydrogens is 432 g/mol. The lowest BCUT2D eigenvalue weighted by Crippen LogP contribution is -2.36. The Balaban J connectivity index is 1.45. The van der Waals surface area contributed by atoms with Crippen LogP contribution in [0.3, 0.4) is 0 Å². The summed E-state index contributed by atoms with van der Waals surface area (Å²) < 4.78 is 5.44. The first-order chi connectivity index (χ1) is 16.0. The summed E-state index contributed by atoms with van der Waals surface area (Å²) in [5.41, 5.74) is 5.22. The molecule has 0 saturated carbocycles. The van der Waals surface area contributed by atoms with Crippen LogP contribution in [0, 0.1) is 13.8 Å². The van der Waals surface area contributed by atoms with Crippen LogP contribution in [0.25, 0.3) is 0 Å². The number of aryl methyl sites for hydroxylation is 2. The Bertz CT molecular complexity index is 1140. The number of aromatic nitrogens is 2. The van der Waals surface area contributed by atoms with Crippen molar-refractivity contribution < 1.29 is 9.53 Å². The summed E-state index contributed by atoms with van der Waals surface area (Å²) in [7, 11) is 0. The smallest absolute Gasteiger partial charge is 0.247 e. The van der Waals surface area contributed by atoms with Gasteiger partial charge in [-0.15, -0.1) is 0 Å². The maximum atomic E-state index is 11.6. The van der Waals surface area contributed by atoms with E-state index in [1.807, 2.05) is 32.2 Å². The highest BCUT2D eigenvalue weighted by Crippen LogP contribution is 2.31. The van der Waals surface area contributed by atoms with Crippen LogP contribution in [0.5, 0.6) is 0 Å². The standard InChI is InChI=1S/C26H28N4O2S/c1-4-25(31)28-23-10-9-22(15-18(23)2)33-26-19(3)17-27-24(29-26)16-20-5-7-21(8-6-20)30-11-13-32-14-12-30/h4-10,15,17H,1,11-14,16H2,2-3H3,(H,28,31). The zero-order chi connectivity index (χ0) is 23.2. The molecule has 7 heteroatoms. The zero-order valence-electron chi connectivity index (χ0n) is 19.0. The highest BCUT2D eigenvalue weighted by molar-refractivity contribution is 7.99. The molecule has 0 radical (unpaired) electrons. The molecule has 33 heavy (non-hydrogen) atoms. The van der Waals surface area contributed by atoms with Crippen LogP contribution < -0.4 is 10.2 Å². The van der Waals surface area contributed by atoms with Gasteiger partial charge in [-0.3, -0.25) is 4.79 Å². The summed E-state index contributed by atoms with van der Waals surface area (Å²) in [6.45, 7) is 10.9. The van der Waals surface area contributed by atoms with Crippen molar-refractivity contribution >= 4 is 29.0 Å². The Hall–Kier alpha value is -3.16. The van der Waals surface area contributed by atoms with Gasteiger partial charge in [0, 0.05) is 42.0 Å². The molecule has 6 nitrogen and oxygen atoms in total. The molecule has 0 spiro atoms. The van der Waals surface area contributed by atoms with Crippen LogP contribution in [-0.2, 0) is 16.0 Å². The summed E-state index contributed by atoms with van der Waals surface area (Å²) in [6.07, 6.45) is 3.84. The minimum atomic E-state index is -0.215. The summed E-state index contributed by atoms with van der Waals surface area (Å²) in [5.74, 6) is 0.585. The van der Waals surface area contributed by atoms with E-state index in [1.54, 1.807) is 11.8 Å². The number of hydrogen-bond donors (Lipinski definition) is 1. The fourth-order valence-corrected chi connectivity index (χ4v) is 4.57. The topological polar surface area (TPSA) is 67.4 Å². The molecule has 3 aromatic rings. The Morgan fingerprint density at radius 3 is 2.61 bits per heavy atom. The number of rotatable bonds is 7. The molecule has 1 aromatic heterocycles. The SMILES string of the molecule is C=CC(=O)Nc1ccc(Sc2nc(Cc3ccc(N4CCOCC4)cc3)ncc2C)cc1C. The van der Waals surface area contributed by atoms with Gasteiger partial charge in [-0.25, -0.2) is 9.97 Å². The van der Waals surface area contributed by atoms with Gasteiger partial charge in [0.05, 0.1) is 13.2 Å². The first kappa shape index (κ1) is 23.0. The lowest BCUT2D eigenvalue weighted by molar-refractivity contribution is -0.111. The first-order valence-electron chi connectivity index (χ1n) is 11.0. The second kappa shape index (κ2) is 10.6. The summed E-state index contributed by atoms with van der Waals surface area (Å²) in [6, 6.07) is 14.6. The molecule has 1 saturated heterocycles. The molecule has 0 atom stereocenters. The van der Waals surface area contributed by atoms with E-state index in [0.717, 1.165) is 58.9 Å². The molecule has 1 aliphatic heterocycles. The van der Waals surface area contributed by atoms with Crippen LogP contribution >= 0.6 is 11.8 Å². The maximum absolute atomic E-state index is 11.6. The van der Waals surface area contributed by atoms with E-state index in [-0.39, 0.29) is 5.91 Å². The first-order valence-corrected chi connectivity index (χ1v) is 11.8. The Kier molecular flexibility index (Phi) is 7.42. The van der Waals surface area contributed by atoms with E-state index in [0.29, 0.717) is 6.42 Å². The quantitative estimate of drug-likeness (QED) is 0.404. The maximum Gasteiger partial charge on any atom is 0.247 e. The monoisotopic (exact) mass is 460 g/mol. The lowest BCUT2D eigenvalue weighted by Gasteiger charge is -2.28. The minimum Gasteiger partial charge on any atom is -0.378 e. The minimum absolute atomic E-state index is 0.215. The molecule has 1 aliphatic rings. The van der Waals surface area contributed by atoms with E-state index in [4.69, 9.17) is 9.72 Å². The number of benzene rings is 2. The fourth-order valence-electron chi connectivity index (χ4n) is 3.61. The van der Waals surface area contributed by atoms with Crippen molar-refractivity contribution in [3.63, 3.8) is 0 Å². The van der Waals surface area contributed by atoms with E-state index in [1.165, 1.54) is 17.3 Å². The molecule has 0 aliphatic carbocycles. The average Bonchev–Trinajstić information content (AvgIpc) is 2.84. The van der Waals surface area contributed by atoms with Gasteiger partial charge in [-0.1, -0.05) is 30.5 Å². The highest BCUT2D eigenvalue weighted by Gasteiger charge is 2.12. The predicted octanol–water partition coefficient (Wildman–Crippen LogP) is 4.80. The number of carbonyl (C=O) groups is 1. The van der Waals surface area contributed by atoms with Crippen molar-refractivity contribution in [2.75, 3.05) is 36.5 Å². The third kappa shape index (κ3) is 6.00. The van der Waals surface area contributed by atoms with E-state index >= 15 is 0 Å². The fraction of sp³-hybridized carbons (Fsp3) is 0.269. The number of nitrogens with one attached hydrogen (secondary N) is 1. The van der Waals surface area contributed by atoms with Gasteiger partial charge < -0.3 is 15.0 Å². The van der Waals surface area contributed by atoms with Crippen molar-refractivity contribution in [2.24, 2.45) is 0 Å². The summed E-state index contributed by atoms with van der Waals surface area (Å²) >= 11 is 1.61.